The zero-order chi connectivity index (χ0) is 25.7. The summed E-state index contributed by atoms with van der Waals surface area (Å²) in [5.74, 6) is -0.0700. The van der Waals surface area contributed by atoms with Gasteiger partial charge in [0.15, 0.2) is 0 Å². The molecule has 0 fully saturated rings. The van der Waals surface area contributed by atoms with E-state index in [9.17, 15) is 4.79 Å². The fourth-order valence-corrected chi connectivity index (χ4v) is 5.04. The summed E-state index contributed by atoms with van der Waals surface area (Å²) >= 11 is 0. The minimum atomic E-state index is -0.0700. The third-order valence-electron chi connectivity index (χ3n) is 7.52. The van der Waals surface area contributed by atoms with Crippen LogP contribution in [0.4, 0.5) is 0 Å². The van der Waals surface area contributed by atoms with Gasteiger partial charge in [-0.25, -0.2) is 0 Å². The van der Waals surface area contributed by atoms with Crippen molar-refractivity contribution in [3.8, 4) is 0 Å². The van der Waals surface area contributed by atoms with Gasteiger partial charge < -0.3 is 9.64 Å². The molecule has 0 aromatic rings. The maximum absolute atomic E-state index is 11.6. The van der Waals surface area contributed by atoms with E-state index in [1.54, 1.807) is 0 Å². The molecular formula is C32H65NO2. The Morgan fingerprint density at radius 1 is 0.457 bits per heavy atom. The molecule has 0 aliphatic carbocycles. The van der Waals surface area contributed by atoms with Crippen LogP contribution in [0.3, 0.4) is 0 Å². The number of carbonyl (C=O) groups excluding carboxylic acids is 1. The standard InChI is InChI=1S/C32H65NO2/c1-4-6-8-10-12-14-16-18-20-22-24-26-29-33(31-28-32(34)35-3)30-27-25-23-21-19-17-15-13-11-9-7-5-2/h4-31H2,1-3H3. The summed E-state index contributed by atoms with van der Waals surface area (Å²) in [5, 5.41) is 0. The minimum Gasteiger partial charge on any atom is -0.469 e. The van der Waals surface area contributed by atoms with Crippen LogP contribution in [0.2, 0.25) is 0 Å². The first-order chi connectivity index (χ1) is 17.2. The predicted octanol–water partition coefficient (Wildman–Crippen LogP) is 10.3. The molecule has 0 aromatic heterocycles. The summed E-state index contributed by atoms with van der Waals surface area (Å²) in [5.41, 5.74) is 0. The highest BCUT2D eigenvalue weighted by Crippen LogP contribution is 2.14. The zero-order valence-corrected chi connectivity index (χ0v) is 24.6. The molecule has 0 radical (unpaired) electrons. The first-order valence-electron chi connectivity index (χ1n) is 16.0. The van der Waals surface area contributed by atoms with Gasteiger partial charge in [0.1, 0.15) is 0 Å². The van der Waals surface area contributed by atoms with Crippen molar-refractivity contribution >= 4 is 5.97 Å². The molecular weight excluding hydrogens is 430 g/mol. The van der Waals surface area contributed by atoms with Gasteiger partial charge >= 0.3 is 5.97 Å². The van der Waals surface area contributed by atoms with Crippen molar-refractivity contribution in [1.82, 2.24) is 4.90 Å². The van der Waals surface area contributed by atoms with Crippen molar-refractivity contribution in [3.63, 3.8) is 0 Å². The molecule has 0 saturated carbocycles. The molecule has 0 aliphatic heterocycles. The molecule has 0 N–H and O–H groups in total. The van der Waals surface area contributed by atoms with E-state index in [0.717, 1.165) is 19.6 Å². The number of rotatable bonds is 29. The molecule has 35 heavy (non-hydrogen) atoms. The lowest BCUT2D eigenvalue weighted by molar-refractivity contribution is -0.141. The van der Waals surface area contributed by atoms with Crippen molar-refractivity contribution in [2.75, 3.05) is 26.7 Å². The van der Waals surface area contributed by atoms with Crippen LogP contribution in [0, 0.1) is 0 Å². The molecule has 3 heteroatoms. The number of esters is 1. The van der Waals surface area contributed by atoms with Crippen LogP contribution in [0.25, 0.3) is 0 Å². The van der Waals surface area contributed by atoms with Crippen LogP contribution in [0.5, 0.6) is 0 Å². The number of hydrogen-bond donors (Lipinski definition) is 0. The van der Waals surface area contributed by atoms with Gasteiger partial charge in [-0.15, -0.1) is 0 Å². The molecule has 0 spiro atoms. The zero-order valence-electron chi connectivity index (χ0n) is 24.6. The number of methoxy groups -OCH3 is 1. The molecule has 0 saturated heterocycles. The quantitative estimate of drug-likeness (QED) is 0.0763. The first kappa shape index (κ1) is 34.4. The minimum absolute atomic E-state index is 0.0700. The number of carbonyl (C=O) groups is 1. The Morgan fingerprint density at radius 3 is 1.03 bits per heavy atom. The Bertz CT molecular complexity index is 384. The molecule has 0 unspecified atom stereocenters. The predicted molar refractivity (Wildman–Crippen MR) is 155 cm³/mol. The van der Waals surface area contributed by atoms with E-state index in [2.05, 4.69) is 18.7 Å². The summed E-state index contributed by atoms with van der Waals surface area (Å²) in [6, 6.07) is 0. The summed E-state index contributed by atoms with van der Waals surface area (Å²) in [7, 11) is 1.50. The summed E-state index contributed by atoms with van der Waals surface area (Å²) in [4.78, 5) is 14.1. The first-order valence-corrected chi connectivity index (χ1v) is 16.0. The SMILES string of the molecule is CCCCCCCCCCCCCCN(CCCCCCCCCCCCCC)CCC(=O)OC. The monoisotopic (exact) mass is 496 g/mol. The van der Waals surface area contributed by atoms with Crippen LogP contribution in [-0.4, -0.2) is 37.6 Å². The molecule has 0 heterocycles. The van der Waals surface area contributed by atoms with Crippen LogP contribution in [-0.2, 0) is 9.53 Å². The van der Waals surface area contributed by atoms with Crippen molar-refractivity contribution in [2.24, 2.45) is 0 Å². The average Bonchev–Trinajstić information content (AvgIpc) is 2.87. The largest absolute Gasteiger partial charge is 0.469 e. The van der Waals surface area contributed by atoms with Gasteiger partial charge in [0.25, 0.3) is 0 Å². The molecule has 0 bridgehead atoms. The second-order valence-electron chi connectivity index (χ2n) is 10.9. The highest BCUT2D eigenvalue weighted by atomic mass is 16.5. The Balaban J connectivity index is 3.70. The van der Waals surface area contributed by atoms with Crippen molar-refractivity contribution in [1.29, 1.82) is 0 Å². The van der Waals surface area contributed by atoms with E-state index >= 15 is 0 Å². The topological polar surface area (TPSA) is 29.5 Å². The molecule has 0 aromatic carbocycles. The number of unbranched alkanes of at least 4 members (excludes halogenated alkanes) is 22. The van der Waals surface area contributed by atoms with E-state index in [-0.39, 0.29) is 5.97 Å². The van der Waals surface area contributed by atoms with E-state index in [4.69, 9.17) is 4.74 Å². The fourth-order valence-electron chi connectivity index (χ4n) is 5.04. The molecule has 3 nitrogen and oxygen atoms in total. The smallest absolute Gasteiger partial charge is 0.306 e. The Kier molecular flexibility index (Phi) is 29.2. The van der Waals surface area contributed by atoms with Crippen molar-refractivity contribution < 1.29 is 9.53 Å². The third kappa shape index (κ3) is 27.9. The van der Waals surface area contributed by atoms with Crippen LogP contribution in [0.15, 0.2) is 0 Å². The third-order valence-corrected chi connectivity index (χ3v) is 7.52. The van der Waals surface area contributed by atoms with E-state index < -0.39 is 0 Å². The lowest BCUT2D eigenvalue weighted by Crippen LogP contribution is -2.29. The van der Waals surface area contributed by atoms with Crippen LogP contribution >= 0.6 is 0 Å². The second-order valence-corrected chi connectivity index (χ2v) is 10.9. The van der Waals surface area contributed by atoms with E-state index in [1.165, 1.54) is 161 Å². The molecule has 0 rings (SSSR count). The van der Waals surface area contributed by atoms with Gasteiger partial charge in [-0.05, 0) is 25.9 Å². The highest BCUT2D eigenvalue weighted by Gasteiger charge is 2.08. The average molecular weight is 496 g/mol. The van der Waals surface area contributed by atoms with E-state index in [0.29, 0.717) is 6.42 Å². The molecule has 0 atom stereocenters. The van der Waals surface area contributed by atoms with Crippen molar-refractivity contribution in [2.45, 2.75) is 174 Å². The molecule has 210 valence electrons. The molecule has 0 aliphatic rings. The maximum atomic E-state index is 11.6. The van der Waals surface area contributed by atoms with Gasteiger partial charge in [0.05, 0.1) is 13.5 Å². The Labute approximate surface area is 221 Å². The highest BCUT2D eigenvalue weighted by molar-refractivity contribution is 5.69. The lowest BCUT2D eigenvalue weighted by Gasteiger charge is -2.22. The van der Waals surface area contributed by atoms with Crippen LogP contribution in [0.1, 0.15) is 174 Å². The Hall–Kier alpha value is -0.570. The second kappa shape index (κ2) is 29.7. The molecule has 0 amide bonds. The maximum Gasteiger partial charge on any atom is 0.306 e. The van der Waals surface area contributed by atoms with Gasteiger partial charge in [-0.3, -0.25) is 4.79 Å². The normalized spacial score (nSPS) is 11.4. The lowest BCUT2D eigenvalue weighted by atomic mass is 10.0. The van der Waals surface area contributed by atoms with Crippen molar-refractivity contribution in [3.05, 3.63) is 0 Å². The summed E-state index contributed by atoms with van der Waals surface area (Å²) in [6.45, 7) is 7.73. The van der Waals surface area contributed by atoms with Gasteiger partial charge in [-0.2, -0.15) is 0 Å². The summed E-state index contributed by atoms with van der Waals surface area (Å²) < 4.78 is 4.87. The number of nitrogens with zero attached hydrogens (tertiary/aromatic N) is 1. The van der Waals surface area contributed by atoms with Gasteiger partial charge in [-0.1, -0.05) is 155 Å². The van der Waals surface area contributed by atoms with Gasteiger partial charge in [0, 0.05) is 6.54 Å². The number of ether oxygens (including phenoxy) is 1. The van der Waals surface area contributed by atoms with Gasteiger partial charge in [0.2, 0.25) is 0 Å². The van der Waals surface area contributed by atoms with E-state index in [1.807, 2.05) is 0 Å². The van der Waals surface area contributed by atoms with Crippen LogP contribution < -0.4 is 0 Å². The summed E-state index contributed by atoms with van der Waals surface area (Å²) in [6.07, 6.45) is 34.0. The Morgan fingerprint density at radius 2 is 0.743 bits per heavy atom. The number of hydrogen-bond acceptors (Lipinski definition) is 3. The fraction of sp³-hybridized carbons (Fsp3) is 0.969.